The standard InChI is InChI=1S/C14H25N3/c1-5-13-7-12(10-15-6-2)8-14(17-13)16-9-11(3)4/h7-8,11,15H,5-6,9-10H2,1-4H3,(H,16,17). The van der Waals surface area contributed by atoms with E-state index in [1.165, 1.54) is 5.56 Å². The van der Waals surface area contributed by atoms with Crippen LogP contribution >= 0.6 is 0 Å². The molecule has 3 heteroatoms. The Hall–Kier alpha value is -1.09. The van der Waals surface area contributed by atoms with E-state index in [4.69, 9.17) is 0 Å². The number of pyridine rings is 1. The molecule has 1 rings (SSSR count). The molecule has 1 aromatic rings. The quantitative estimate of drug-likeness (QED) is 0.763. The van der Waals surface area contributed by atoms with Crippen LogP contribution in [0, 0.1) is 5.92 Å². The van der Waals surface area contributed by atoms with Crippen LogP contribution in [0.4, 0.5) is 5.82 Å². The summed E-state index contributed by atoms with van der Waals surface area (Å²) >= 11 is 0. The Kier molecular flexibility index (Phi) is 5.98. The van der Waals surface area contributed by atoms with E-state index in [-0.39, 0.29) is 0 Å². The van der Waals surface area contributed by atoms with E-state index >= 15 is 0 Å². The van der Waals surface area contributed by atoms with Crippen molar-refractivity contribution >= 4 is 5.82 Å². The second kappa shape index (κ2) is 7.28. The van der Waals surface area contributed by atoms with Gasteiger partial charge in [-0.1, -0.05) is 27.7 Å². The van der Waals surface area contributed by atoms with Gasteiger partial charge >= 0.3 is 0 Å². The molecule has 1 heterocycles. The molecule has 0 amide bonds. The lowest BCUT2D eigenvalue weighted by Crippen LogP contribution is -2.14. The lowest BCUT2D eigenvalue weighted by atomic mass is 10.2. The first-order chi connectivity index (χ1) is 8.15. The molecule has 17 heavy (non-hydrogen) atoms. The Bertz CT molecular complexity index is 334. The number of anilines is 1. The third-order valence-corrected chi connectivity index (χ3v) is 2.57. The molecule has 0 aromatic carbocycles. The average molecular weight is 235 g/mol. The monoisotopic (exact) mass is 235 g/mol. The molecule has 0 aliphatic carbocycles. The maximum atomic E-state index is 4.59. The van der Waals surface area contributed by atoms with Gasteiger partial charge in [0.15, 0.2) is 0 Å². The Morgan fingerprint density at radius 3 is 2.59 bits per heavy atom. The summed E-state index contributed by atoms with van der Waals surface area (Å²) in [6.07, 6.45) is 0.982. The minimum absolute atomic E-state index is 0.638. The smallest absolute Gasteiger partial charge is 0.126 e. The van der Waals surface area contributed by atoms with E-state index in [0.29, 0.717) is 5.92 Å². The molecule has 0 atom stereocenters. The van der Waals surface area contributed by atoms with E-state index < -0.39 is 0 Å². The third kappa shape index (κ3) is 5.18. The van der Waals surface area contributed by atoms with Crippen LogP contribution in [0.15, 0.2) is 12.1 Å². The van der Waals surface area contributed by atoms with Crippen LogP contribution in [-0.4, -0.2) is 18.1 Å². The highest BCUT2D eigenvalue weighted by Crippen LogP contribution is 2.12. The first-order valence-electron chi connectivity index (χ1n) is 6.60. The Labute approximate surface area is 105 Å². The molecule has 0 spiro atoms. The van der Waals surface area contributed by atoms with E-state index in [0.717, 1.165) is 37.6 Å². The molecule has 96 valence electrons. The number of rotatable bonds is 7. The Balaban J connectivity index is 2.73. The normalized spacial score (nSPS) is 10.9. The molecule has 3 nitrogen and oxygen atoms in total. The summed E-state index contributed by atoms with van der Waals surface area (Å²) in [5.74, 6) is 1.64. The van der Waals surface area contributed by atoms with Crippen molar-refractivity contribution in [2.24, 2.45) is 5.92 Å². The molecule has 0 aliphatic rings. The minimum Gasteiger partial charge on any atom is -0.370 e. The zero-order valence-electron chi connectivity index (χ0n) is 11.5. The van der Waals surface area contributed by atoms with Crippen LogP contribution in [0.25, 0.3) is 0 Å². The molecule has 0 saturated heterocycles. The van der Waals surface area contributed by atoms with Crippen molar-refractivity contribution in [3.8, 4) is 0 Å². The molecular formula is C14H25N3. The summed E-state index contributed by atoms with van der Waals surface area (Å²) in [7, 11) is 0. The molecule has 0 bridgehead atoms. The molecular weight excluding hydrogens is 210 g/mol. The number of aromatic nitrogens is 1. The molecule has 2 N–H and O–H groups in total. The van der Waals surface area contributed by atoms with Gasteiger partial charge in [-0.05, 0) is 36.6 Å². The number of hydrogen-bond acceptors (Lipinski definition) is 3. The number of nitrogens with zero attached hydrogens (tertiary/aromatic N) is 1. The van der Waals surface area contributed by atoms with Gasteiger partial charge in [0.2, 0.25) is 0 Å². The van der Waals surface area contributed by atoms with E-state index in [2.05, 4.69) is 55.4 Å². The van der Waals surface area contributed by atoms with Crippen molar-refractivity contribution in [3.05, 3.63) is 23.4 Å². The molecule has 0 unspecified atom stereocenters. The summed E-state index contributed by atoms with van der Waals surface area (Å²) in [6, 6.07) is 4.33. The fraction of sp³-hybridized carbons (Fsp3) is 0.643. The SMILES string of the molecule is CCNCc1cc(CC)nc(NCC(C)C)c1. The van der Waals surface area contributed by atoms with Crippen LogP contribution in [0.1, 0.15) is 39.0 Å². The predicted octanol–water partition coefficient (Wildman–Crippen LogP) is 2.82. The van der Waals surface area contributed by atoms with E-state index in [1.54, 1.807) is 0 Å². The van der Waals surface area contributed by atoms with E-state index in [9.17, 15) is 0 Å². The molecule has 0 radical (unpaired) electrons. The summed E-state index contributed by atoms with van der Waals surface area (Å²) in [5, 5.41) is 6.75. The largest absolute Gasteiger partial charge is 0.370 e. The molecule has 1 aromatic heterocycles. The summed E-state index contributed by atoms with van der Waals surface area (Å²) < 4.78 is 0. The summed E-state index contributed by atoms with van der Waals surface area (Å²) in [5.41, 5.74) is 2.47. The topological polar surface area (TPSA) is 37.0 Å². The second-order valence-electron chi connectivity index (χ2n) is 4.76. The van der Waals surface area contributed by atoms with Gasteiger partial charge < -0.3 is 10.6 Å². The number of aryl methyl sites for hydroxylation is 1. The van der Waals surface area contributed by atoms with Gasteiger partial charge in [0, 0.05) is 18.8 Å². The number of nitrogens with one attached hydrogen (secondary N) is 2. The fourth-order valence-electron chi connectivity index (χ4n) is 1.60. The maximum Gasteiger partial charge on any atom is 0.126 e. The van der Waals surface area contributed by atoms with Crippen molar-refractivity contribution in [2.45, 2.75) is 40.7 Å². The van der Waals surface area contributed by atoms with Crippen molar-refractivity contribution in [2.75, 3.05) is 18.4 Å². The highest BCUT2D eigenvalue weighted by atomic mass is 15.0. The molecule has 0 fully saturated rings. The van der Waals surface area contributed by atoms with Crippen molar-refractivity contribution < 1.29 is 0 Å². The van der Waals surface area contributed by atoms with Crippen LogP contribution in [-0.2, 0) is 13.0 Å². The third-order valence-electron chi connectivity index (χ3n) is 2.57. The van der Waals surface area contributed by atoms with Crippen LogP contribution < -0.4 is 10.6 Å². The van der Waals surface area contributed by atoms with Gasteiger partial charge in [0.05, 0.1) is 0 Å². The first kappa shape index (κ1) is 14.0. The Morgan fingerprint density at radius 2 is 2.00 bits per heavy atom. The zero-order valence-corrected chi connectivity index (χ0v) is 11.5. The van der Waals surface area contributed by atoms with Gasteiger partial charge in [0.25, 0.3) is 0 Å². The van der Waals surface area contributed by atoms with Gasteiger partial charge in [-0.15, -0.1) is 0 Å². The Morgan fingerprint density at radius 1 is 1.24 bits per heavy atom. The maximum absolute atomic E-state index is 4.59. The van der Waals surface area contributed by atoms with Crippen LogP contribution in [0.5, 0.6) is 0 Å². The average Bonchev–Trinajstić information content (AvgIpc) is 2.33. The predicted molar refractivity (Wildman–Crippen MR) is 74.3 cm³/mol. The van der Waals surface area contributed by atoms with Gasteiger partial charge in [-0.2, -0.15) is 0 Å². The molecule has 0 aliphatic heterocycles. The lowest BCUT2D eigenvalue weighted by molar-refractivity contribution is 0.685. The second-order valence-corrected chi connectivity index (χ2v) is 4.76. The van der Waals surface area contributed by atoms with Crippen molar-refractivity contribution in [3.63, 3.8) is 0 Å². The van der Waals surface area contributed by atoms with Crippen molar-refractivity contribution in [1.82, 2.24) is 10.3 Å². The summed E-state index contributed by atoms with van der Waals surface area (Å²) in [6.45, 7) is 11.6. The summed E-state index contributed by atoms with van der Waals surface area (Å²) in [4.78, 5) is 4.59. The lowest BCUT2D eigenvalue weighted by Gasteiger charge is -2.12. The fourth-order valence-corrected chi connectivity index (χ4v) is 1.60. The highest BCUT2D eigenvalue weighted by molar-refractivity contribution is 5.39. The molecule has 0 saturated carbocycles. The van der Waals surface area contributed by atoms with Crippen LogP contribution in [0.2, 0.25) is 0 Å². The van der Waals surface area contributed by atoms with Crippen LogP contribution in [0.3, 0.4) is 0 Å². The minimum atomic E-state index is 0.638. The van der Waals surface area contributed by atoms with E-state index in [1.807, 2.05) is 0 Å². The van der Waals surface area contributed by atoms with Gasteiger partial charge in [-0.25, -0.2) is 4.98 Å². The first-order valence-corrected chi connectivity index (χ1v) is 6.60. The number of hydrogen-bond donors (Lipinski definition) is 2. The van der Waals surface area contributed by atoms with Gasteiger partial charge in [0.1, 0.15) is 5.82 Å². The highest BCUT2D eigenvalue weighted by Gasteiger charge is 2.02. The van der Waals surface area contributed by atoms with Crippen molar-refractivity contribution in [1.29, 1.82) is 0 Å². The van der Waals surface area contributed by atoms with Gasteiger partial charge in [-0.3, -0.25) is 0 Å². The zero-order chi connectivity index (χ0) is 12.7.